The van der Waals surface area contributed by atoms with E-state index in [9.17, 15) is 14.4 Å². The van der Waals surface area contributed by atoms with Crippen LogP contribution in [0.4, 0.5) is 0 Å². The van der Waals surface area contributed by atoms with Gasteiger partial charge in [-0.05, 0) is 39.3 Å². The van der Waals surface area contributed by atoms with Crippen molar-refractivity contribution in [3.63, 3.8) is 0 Å². The molecule has 2 rings (SSSR count). The number of amides is 3. The molecule has 1 saturated heterocycles. The lowest BCUT2D eigenvalue weighted by molar-refractivity contribution is -0.135. The van der Waals surface area contributed by atoms with Crippen molar-refractivity contribution in [2.75, 3.05) is 26.2 Å². The number of carbonyl (C=O) groups excluding carboxylic acids is 3. The van der Waals surface area contributed by atoms with Crippen molar-refractivity contribution in [1.82, 2.24) is 15.1 Å². The second-order valence-electron chi connectivity index (χ2n) is 6.51. The molecule has 0 aromatic heterocycles. The van der Waals surface area contributed by atoms with E-state index in [4.69, 9.17) is 5.11 Å². The summed E-state index contributed by atoms with van der Waals surface area (Å²) in [6, 6.07) is 6.23. The quantitative estimate of drug-likeness (QED) is 0.775. The molecule has 7 nitrogen and oxygen atoms in total. The van der Waals surface area contributed by atoms with Gasteiger partial charge in [0.25, 0.3) is 5.91 Å². The highest BCUT2D eigenvalue weighted by atomic mass is 16.3. The van der Waals surface area contributed by atoms with E-state index in [1.54, 1.807) is 17.0 Å². The fourth-order valence-electron chi connectivity index (χ4n) is 3.28. The first-order chi connectivity index (χ1) is 12.4. The molecule has 0 saturated carbocycles. The van der Waals surface area contributed by atoms with E-state index in [2.05, 4.69) is 5.32 Å². The fourth-order valence-corrected chi connectivity index (χ4v) is 3.28. The van der Waals surface area contributed by atoms with E-state index in [1.165, 1.54) is 4.90 Å². The normalized spacial score (nSPS) is 19.3. The lowest BCUT2D eigenvalue weighted by atomic mass is 10.1. The van der Waals surface area contributed by atoms with Crippen molar-refractivity contribution in [2.24, 2.45) is 0 Å². The van der Waals surface area contributed by atoms with Crippen LogP contribution in [0.2, 0.25) is 0 Å². The third-order valence-electron chi connectivity index (χ3n) is 4.73. The summed E-state index contributed by atoms with van der Waals surface area (Å²) in [5, 5.41) is 11.6. The summed E-state index contributed by atoms with van der Waals surface area (Å²) in [7, 11) is 0. The van der Waals surface area contributed by atoms with Gasteiger partial charge in [-0.2, -0.15) is 0 Å². The molecule has 26 heavy (non-hydrogen) atoms. The summed E-state index contributed by atoms with van der Waals surface area (Å²) in [6.45, 7) is 6.49. The number of likely N-dealkylation sites (N-methyl/N-ethyl adjacent to an activating group) is 1. The number of nitrogens with zero attached hydrogens (tertiary/aromatic N) is 2. The molecule has 1 fully saturated rings. The van der Waals surface area contributed by atoms with E-state index in [0.717, 1.165) is 5.56 Å². The predicted molar refractivity (Wildman–Crippen MR) is 97.6 cm³/mol. The molecule has 0 radical (unpaired) electrons. The zero-order valence-electron chi connectivity index (χ0n) is 15.6. The number of hydrogen-bond acceptors (Lipinski definition) is 4. The van der Waals surface area contributed by atoms with Gasteiger partial charge in [-0.15, -0.1) is 0 Å². The average Bonchev–Trinajstić information content (AvgIpc) is 3.06. The number of nitrogens with one attached hydrogen (secondary N) is 1. The third-order valence-corrected chi connectivity index (χ3v) is 4.73. The number of benzene rings is 1. The second kappa shape index (κ2) is 8.80. The molecule has 1 aliphatic heterocycles. The van der Waals surface area contributed by atoms with Gasteiger partial charge in [0.1, 0.15) is 12.6 Å². The summed E-state index contributed by atoms with van der Waals surface area (Å²) in [4.78, 5) is 40.6. The highest BCUT2D eigenvalue weighted by Crippen LogP contribution is 2.23. The van der Waals surface area contributed by atoms with Gasteiger partial charge in [0, 0.05) is 31.2 Å². The molecule has 0 bridgehead atoms. The number of aliphatic hydroxyl groups excluding tert-OH is 1. The molecule has 2 atom stereocenters. The Bertz CT molecular complexity index is 655. The van der Waals surface area contributed by atoms with Crippen molar-refractivity contribution < 1.29 is 19.5 Å². The minimum absolute atomic E-state index is 0.115. The molecule has 1 aromatic carbocycles. The van der Waals surface area contributed by atoms with Crippen molar-refractivity contribution >= 4 is 17.7 Å². The van der Waals surface area contributed by atoms with E-state index < -0.39 is 18.6 Å². The van der Waals surface area contributed by atoms with Crippen LogP contribution in [0, 0.1) is 6.92 Å². The Morgan fingerprint density at radius 2 is 1.81 bits per heavy atom. The van der Waals surface area contributed by atoms with Crippen LogP contribution < -0.4 is 5.32 Å². The Hall–Kier alpha value is -2.41. The minimum atomic E-state index is -0.618. The summed E-state index contributed by atoms with van der Waals surface area (Å²) in [6.07, 6.45) is 0.346. The van der Waals surface area contributed by atoms with Crippen LogP contribution in [-0.2, 0) is 9.59 Å². The van der Waals surface area contributed by atoms with Gasteiger partial charge in [0.15, 0.2) is 0 Å². The molecule has 1 aliphatic rings. The Balaban J connectivity index is 2.25. The summed E-state index contributed by atoms with van der Waals surface area (Å²) >= 11 is 0. The SMILES string of the molecule is CCN(CC)C(=O)[C@@H]1C[C@H](NC(=O)CO)CN1C(=O)c1ccc(C)cc1. The van der Waals surface area contributed by atoms with Gasteiger partial charge in [-0.25, -0.2) is 0 Å². The van der Waals surface area contributed by atoms with Crippen LogP contribution in [0.15, 0.2) is 24.3 Å². The maximum absolute atomic E-state index is 13.0. The van der Waals surface area contributed by atoms with Crippen molar-refractivity contribution in [3.8, 4) is 0 Å². The van der Waals surface area contributed by atoms with Crippen LogP contribution in [-0.4, -0.2) is 71.0 Å². The molecule has 0 spiro atoms. The van der Waals surface area contributed by atoms with Gasteiger partial charge in [0.2, 0.25) is 11.8 Å². The van der Waals surface area contributed by atoms with Crippen LogP contribution in [0.3, 0.4) is 0 Å². The number of likely N-dealkylation sites (tertiary alicyclic amines) is 1. The lowest BCUT2D eigenvalue weighted by Crippen LogP contribution is -2.47. The number of rotatable bonds is 6. The molecular formula is C19H27N3O4. The molecular weight excluding hydrogens is 334 g/mol. The van der Waals surface area contributed by atoms with Crippen LogP contribution >= 0.6 is 0 Å². The van der Waals surface area contributed by atoms with Gasteiger partial charge in [-0.1, -0.05) is 17.7 Å². The van der Waals surface area contributed by atoms with Gasteiger partial charge < -0.3 is 20.2 Å². The number of aryl methyl sites for hydroxylation is 1. The maximum Gasteiger partial charge on any atom is 0.254 e. The predicted octanol–water partition coefficient (Wildman–Crippen LogP) is 0.555. The van der Waals surface area contributed by atoms with E-state index in [0.29, 0.717) is 25.1 Å². The van der Waals surface area contributed by atoms with Gasteiger partial charge >= 0.3 is 0 Å². The monoisotopic (exact) mass is 361 g/mol. The highest BCUT2D eigenvalue weighted by Gasteiger charge is 2.41. The minimum Gasteiger partial charge on any atom is -0.387 e. The molecule has 0 unspecified atom stereocenters. The summed E-state index contributed by atoms with van der Waals surface area (Å²) in [5.41, 5.74) is 1.56. The Morgan fingerprint density at radius 1 is 1.19 bits per heavy atom. The second-order valence-corrected chi connectivity index (χ2v) is 6.51. The first-order valence-corrected chi connectivity index (χ1v) is 8.97. The summed E-state index contributed by atoms with van der Waals surface area (Å²) < 4.78 is 0. The highest BCUT2D eigenvalue weighted by molar-refractivity contribution is 5.98. The molecule has 1 heterocycles. The number of hydrogen-bond donors (Lipinski definition) is 2. The van der Waals surface area contributed by atoms with Crippen molar-refractivity contribution in [1.29, 1.82) is 0 Å². The molecule has 2 N–H and O–H groups in total. The molecule has 7 heteroatoms. The largest absolute Gasteiger partial charge is 0.387 e. The van der Waals surface area contributed by atoms with Gasteiger partial charge in [-0.3, -0.25) is 14.4 Å². The average molecular weight is 361 g/mol. The van der Waals surface area contributed by atoms with E-state index >= 15 is 0 Å². The zero-order chi connectivity index (χ0) is 19.3. The van der Waals surface area contributed by atoms with Crippen LogP contribution in [0.5, 0.6) is 0 Å². The maximum atomic E-state index is 13.0. The van der Waals surface area contributed by atoms with Crippen LogP contribution in [0.25, 0.3) is 0 Å². The Labute approximate surface area is 154 Å². The summed E-state index contributed by atoms with van der Waals surface area (Å²) in [5.74, 6) is -0.846. The number of carbonyl (C=O) groups is 3. The topological polar surface area (TPSA) is 89.9 Å². The first-order valence-electron chi connectivity index (χ1n) is 8.97. The first kappa shape index (κ1) is 19.9. The van der Waals surface area contributed by atoms with Crippen molar-refractivity contribution in [3.05, 3.63) is 35.4 Å². The van der Waals surface area contributed by atoms with E-state index in [-0.39, 0.29) is 24.4 Å². The van der Waals surface area contributed by atoms with E-state index in [1.807, 2.05) is 32.9 Å². The Kier molecular flexibility index (Phi) is 6.74. The van der Waals surface area contributed by atoms with Crippen LogP contribution in [0.1, 0.15) is 36.2 Å². The van der Waals surface area contributed by atoms with Gasteiger partial charge in [0.05, 0.1) is 0 Å². The molecule has 3 amide bonds. The zero-order valence-corrected chi connectivity index (χ0v) is 15.6. The number of aliphatic hydroxyl groups is 1. The molecule has 142 valence electrons. The van der Waals surface area contributed by atoms with Crippen molar-refractivity contribution in [2.45, 2.75) is 39.3 Å². The Morgan fingerprint density at radius 3 is 2.35 bits per heavy atom. The smallest absolute Gasteiger partial charge is 0.254 e. The standard InChI is InChI=1S/C19H27N3O4/c1-4-21(5-2)19(26)16-10-15(20-17(24)12-23)11-22(16)18(25)14-8-6-13(3)7-9-14/h6-9,15-16,23H,4-5,10-12H2,1-3H3,(H,20,24)/t15-,16-/m0/s1. The molecule has 0 aliphatic carbocycles. The molecule has 1 aromatic rings. The fraction of sp³-hybridized carbons (Fsp3) is 0.526. The lowest BCUT2D eigenvalue weighted by Gasteiger charge is -2.28. The third kappa shape index (κ3) is 4.40.